The van der Waals surface area contributed by atoms with Gasteiger partial charge >= 0.3 is 12.2 Å². The molecular weight excluding hydrogens is 855 g/mol. The Balaban J connectivity index is 1.02. The van der Waals surface area contributed by atoms with Crippen molar-refractivity contribution in [2.45, 2.75) is 70.4 Å². The maximum absolute atomic E-state index is 13.9. The Hall–Kier alpha value is -6.78. The monoisotopic (exact) mass is 915 g/mol. The summed E-state index contributed by atoms with van der Waals surface area (Å²) >= 11 is 0. The highest BCUT2D eigenvalue weighted by Crippen LogP contribution is 2.46. The molecule has 2 fully saturated rings. The van der Waals surface area contributed by atoms with Crippen LogP contribution in [0.4, 0.5) is 21.0 Å². The number of anilines is 2. The van der Waals surface area contributed by atoms with Gasteiger partial charge in [0.1, 0.15) is 37.9 Å². The lowest BCUT2D eigenvalue weighted by atomic mass is 9.97. The molecule has 354 valence electrons. The molecule has 3 amide bonds. The SMILES string of the molecule is COCCOc1c(-c2ccc(-c3ccc4c(c3)NC(C3CCCN3C(=O)OCc3ccccc3)N4)cc2)ccc(-c2cnc(C3CCCN3C(=O)C(NC(=O)OC)C(C)C)[nH]2)c1OCCOC. The van der Waals surface area contributed by atoms with Gasteiger partial charge in [0.25, 0.3) is 0 Å². The highest BCUT2D eigenvalue weighted by Gasteiger charge is 2.39. The lowest BCUT2D eigenvalue weighted by Gasteiger charge is -2.30. The maximum atomic E-state index is 13.9. The quantitative estimate of drug-likeness (QED) is 0.0618. The number of carbonyl (C=O) groups is 3. The number of H-pyrrole nitrogens is 1. The number of hydrogen-bond acceptors (Lipinski definition) is 12. The van der Waals surface area contributed by atoms with Gasteiger partial charge in [-0.25, -0.2) is 14.6 Å². The Labute approximate surface area is 391 Å². The van der Waals surface area contributed by atoms with Crippen molar-refractivity contribution in [1.82, 2.24) is 25.1 Å². The van der Waals surface area contributed by atoms with E-state index in [1.54, 1.807) is 25.3 Å². The lowest BCUT2D eigenvalue weighted by Crippen LogP contribution is -2.51. The highest BCUT2D eigenvalue weighted by atomic mass is 16.6. The first-order valence-electron chi connectivity index (χ1n) is 23.0. The molecule has 4 unspecified atom stereocenters. The fraction of sp³-hybridized carbons (Fsp3) is 0.412. The number of methoxy groups -OCH3 is 3. The average Bonchev–Trinajstić information content (AvgIpc) is 4.20. The molecule has 8 rings (SSSR count). The molecule has 0 bridgehead atoms. The summed E-state index contributed by atoms with van der Waals surface area (Å²) in [5.74, 6) is 1.37. The van der Waals surface area contributed by atoms with Gasteiger partial charge in [-0.05, 0) is 78.1 Å². The summed E-state index contributed by atoms with van der Waals surface area (Å²) in [5.41, 5.74) is 8.17. The number of rotatable bonds is 18. The molecule has 3 aliphatic rings. The molecule has 67 heavy (non-hydrogen) atoms. The zero-order chi connectivity index (χ0) is 46.9. The topological polar surface area (TPSA) is 178 Å². The summed E-state index contributed by atoms with van der Waals surface area (Å²) in [6, 6.07) is 27.3. The number of carbonyl (C=O) groups excluding carboxylic acids is 3. The molecule has 0 saturated carbocycles. The molecule has 0 spiro atoms. The van der Waals surface area contributed by atoms with Crippen LogP contribution < -0.4 is 25.4 Å². The number of hydrogen-bond donors (Lipinski definition) is 4. The van der Waals surface area contributed by atoms with Gasteiger partial charge < -0.3 is 59.2 Å². The number of aromatic nitrogens is 2. The summed E-state index contributed by atoms with van der Waals surface area (Å²) in [5, 5.41) is 9.97. The number of alkyl carbamates (subject to hydrolysis) is 1. The van der Waals surface area contributed by atoms with Crippen LogP contribution in [-0.4, -0.2) is 117 Å². The molecule has 3 aliphatic heterocycles. The van der Waals surface area contributed by atoms with Crippen LogP contribution in [0.3, 0.4) is 0 Å². The Morgan fingerprint density at radius 3 is 2.12 bits per heavy atom. The first-order chi connectivity index (χ1) is 32.7. The third-order valence-corrected chi connectivity index (χ3v) is 12.6. The number of amides is 3. The molecule has 0 radical (unpaired) electrons. The van der Waals surface area contributed by atoms with Crippen molar-refractivity contribution in [2.75, 3.05) is 71.5 Å². The number of ether oxygens (including phenoxy) is 6. The van der Waals surface area contributed by atoms with Crippen molar-refractivity contribution in [3.63, 3.8) is 0 Å². The van der Waals surface area contributed by atoms with Gasteiger partial charge in [0.2, 0.25) is 5.91 Å². The molecule has 5 aromatic rings. The largest absolute Gasteiger partial charge is 0.487 e. The molecule has 4 aromatic carbocycles. The fourth-order valence-electron chi connectivity index (χ4n) is 9.12. The van der Waals surface area contributed by atoms with Crippen LogP contribution >= 0.6 is 0 Å². The number of aromatic amines is 1. The molecule has 16 nitrogen and oxygen atoms in total. The molecule has 16 heteroatoms. The van der Waals surface area contributed by atoms with Gasteiger partial charge in [-0.3, -0.25) is 4.79 Å². The van der Waals surface area contributed by atoms with E-state index in [9.17, 15) is 14.4 Å². The van der Waals surface area contributed by atoms with E-state index in [0.717, 1.165) is 64.0 Å². The first-order valence-corrected chi connectivity index (χ1v) is 23.0. The average molecular weight is 916 g/mol. The van der Waals surface area contributed by atoms with Gasteiger partial charge in [-0.2, -0.15) is 0 Å². The van der Waals surface area contributed by atoms with Crippen molar-refractivity contribution < 1.29 is 42.8 Å². The van der Waals surface area contributed by atoms with E-state index in [4.69, 9.17) is 33.4 Å². The Kier molecular flexibility index (Phi) is 15.1. The predicted molar refractivity (Wildman–Crippen MR) is 255 cm³/mol. The van der Waals surface area contributed by atoms with E-state index in [-0.39, 0.29) is 56.0 Å². The number of imidazole rings is 1. The predicted octanol–water partition coefficient (Wildman–Crippen LogP) is 8.47. The van der Waals surface area contributed by atoms with Gasteiger partial charge in [-0.1, -0.05) is 74.5 Å². The smallest absolute Gasteiger partial charge is 0.410 e. The van der Waals surface area contributed by atoms with E-state index in [2.05, 4.69) is 63.4 Å². The molecule has 4 heterocycles. The van der Waals surface area contributed by atoms with E-state index in [0.29, 0.717) is 55.7 Å². The summed E-state index contributed by atoms with van der Waals surface area (Å²) in [7, 11) is 4.54. The minimum Gasteiger partial charge on any atom is -0.487 e. The van der Waals surface area contributed by atoms with Gasteiger partial charge in [0, 0.05) is 38.4 Å². The fourth-order valence-corrected chi connectivity index (χ4v) is 9.12. The summed E-state index contributed by atoms with van der Waals surface area (Å²) in [6.45, 7) is 6.48. The van der Waals surface area contributed by atoms with E-state index < -0.39 is 12.1 Å². The number of benzene rings is 4. The Morgan fingerprint density at radius 1 is 0.746 bits per heavy atom. The van der Waals surface area contributed by atoms with Crippen molar-refractivity contribution in [3.8, 4) is 45.0 Å². The van der Waals surface area contributed by atoms with Crippen LogP contribution in [0.15, 0.2) is 91.1 Å². The first kappa shape index (κ1) is 46.7. The van der Waals surface area contributed by atoms with E-state index in [1.807, 2.05) is 61.2 Å². The molecule has 1 aromatic heterocycles. The van der Waals surface area contributed by atoms with Crippen LogP contribution in [0.5, 0.6) is 11.5 Å². The van der Waals surface area contributed by atoms with Crippen LogP contribution in [-0.2, 0) is 30.3 Å². The number of likely N-dealkylation sites (tertiary alicyclic amines) is 2. The minimum atomic E-state index is -0.744. The van der Waals surface area contributed by atoms with E-state index in [1.165, 1.54) is 7.11 Å². The second-order valence-corrected chi connectivity index (χ2v) is 17.3. The van der Waals surface area contributed by atoms with Crippen molar-refractivity contribution in [2.24, 2.45) is 5.92 Å². The number of nitrogens with zero attached hydrogens (tertiary/aromatic N) is 3. The maximum Gasteiger partial charge on any atom is 0.410 e. The second-order valence-electron chi connectivity index (χ2n) is 17.3. The Bertz CT molecular complexity index is 2480. The molecular formula is C51H61N7O9. The highest BCUT2D eigenvalue weighted by molar-refractivity contribution is 5.87. The van der Waals surface area contributed by atoms with Crippen molar-refractivity contribution in [1.29, 1.82) is 0 Å². The van der Waals surface area contributed by atoms with Gasteiger partial charge in [0.15, 0.2) is 11.5 Å². The summed E-state index contributed by atoms with van der Waals surface area (Å²) in [6.07, 6.45) is 3.95. The number of nitrogens with one attached hydrogen (secondary N) is 4. The Morgan fingerprint density at radius 2 is 1.40 bits per heavy atom. The molecule has 0 aliphatic carbocycles. The van der Waals surface area contributed by atoms with Crippen LogP contribution in [0.2, 0.25) is 0 Å². The third-order valence-electron chi connectivity index (χ3n) is 12.6. The minimum absolute atomic E-state index is 0.0574. The molecule has 4 atom stereocenters. The number of fused-ring (bicyclic) bond motifs is 1. The standard InChI is InChI=1S/C51H61N7O9/c1-32(2)44(56-50(60)64-5)49(59)57-23-9-13-42(57)47-52-30-41(55-47)38-21-20-37(45(65-27-25-62-3)46(38)66-28-26-63-4)35-17-15-34(16-18-35)36-19-22-39-40(29-36)54-48(53-39)43-14-10-24-58(43)51(61)67-31-33-11-7-6-8-12-33/h6-8,11-12,15-22,29-30,32,42-44,48,53-54H,9-10,13-14,23-28,31H2,1-5H3,(H,52,55)(H,56,60). The summed E-state index contributed by atoms with van der Waals surface area (Å²) < 4.78 is 34.3. The van der Waals surface area contributed by atoms with Crippen molar-refractivity contribution >= 4 is 29.5 Å². The second kappa shape index (κ2) is 21.7. The van der Waals surface area contributed by atoms with Crippen LogP contribution in [0.1, 0.15) is 57.0 Å². The third kappa shape index (κ3) is 10.6. The zero-order valence-electron chi connectivity index (χ0n) is 38.8. The summed E-state index contributed by atoms with van der Waals surface area (Å²) in [4.78, 5) is 51.1. The van der Waals surface area contributed by atoms with Crippen molar-refractivity contribution in [3.05, 3.63) is 103 Å². The van der Waals surface area contributed by atoms with Gasteiger partial charge in [0.05, 0.1) is 55.7 Å². The van der Waals surface area contributed by atoms with E-state index >= 15 is 0 Å². The van der Waals surface area contributed by atoms with Crippen LogP contribution in [0.25, 0.3) is 33.5 Å². The zero-order valence-corrected chi connectivity index (χ0v) is 38.8. The normalized spacial score (nSPS) is 18.0. The van der Waals surface area contributed by atoms with Crippen LogP contribution in [0, 0.1) is 5.92 Å². The van der Waals surface area contributed by atoms with Gasteiger partial charge in [-0.15, -0.1) is 0 Å². The molecule has 4 N–H and O–H groups in total. The molecule has 2 saturated heterocycles. The lowest BCUT2D eigenvalue weighted by molar-refractivity contribution is -0.135.